The normalized spacial score (nSPS) is 21.1. The zero-order valence-electron chi connectivity index (χ0n) is 11.7. The maximum atomic E-state index is 12.0. The van der Waals surface area contributed by atoms with E-state index in [4.69, 9.17) is 4.74 Å². The van der Waals surface area contributed by atoms with Crippen LogP contribution >= 0.6 is 12.4 Å². The summed E-state index contributed by atoms with van der Waals surface area (Å²) in [6.45, 7) is 5.00. The molecule has 0 aromatic rings. The van der Waals surface area contributed by atoms with Crippen molar-refractivity contribution >= 4 is 22.6 Å². The Labute approximate surface area is 122 Å². The minimum absolute atomic E-state index is 0. The maximum Gasteiger partial charge on any atom is 0.279 e. The average Bonchev–Trinajstić information content (AvgIpc) is 2.34. The third kappa shape index (κ3) is 6.87. The van der Waals surface area contributed by atoms with Crippen LogP contribution in [0.25, 0.3) is 0 Å². The van der Waals surface area contributed by atoms with Crippen molar-refractivity contribution < 1.29 is 13.2 Å². The van der Waals surface area contributed by atoms with E-state index in [0.717, 1.165) is 25.8 Å². The van der Waals surface area contributed by atoms with E-state index in [-0.39, 0.29) is 18.4 Å². The van der Waals surface area contributed by atoms with Crippen molar-refractivity contribution in [3.8, 4) is 0 Å². The second-order valence-electron chi connectivity index (χ2n) is 4.60. The molecule has 1 unspecified atom stereocenters. The fourth-order valence-electron chi connectivity index (χ4n) is 2.08. The van der Waals surface area contributed by atoms with Crippen LogP contribution in [0.15, 0.2) is 0 Å². The summed E-state index contributed by atoms with van der Waals surface area (Å²) >= 11 is 0. The van der Waals surface area contributed by atoms with Gasteiger partial charge in [-0.2, -0.15) is 12.7 Å². The Kier molecular flexibility index (Phi) is 9.94. The van der Waals surface area contributed by atoms with Crippen molar-refractivity contribution in [2.75, 3.05) is 39.9 Å². The summed E-state index contributed by atoms with van der Waals surface area (Å²) in [5.41, 5.74) is 0. The van der Waals surface area contributed by atoms with Crippen LogP contribution in [-0.4, -0.2) is 58.7 Å². The van der Waals surface area contributed by atoms with Crippen LogP contribution in [0.2, 0.25) is 0 Å². The Morgan fingerprint density at radius 1 is 1.26 bits per heavy atom. The second-order valence-corrected chi connectivity index (χ2v) is 6.31. The van der Waals surface area contributed by atoms with Crippen molar-refractivity contribution in [3.05, 3.63) is 0 Å². The molecule has 0 radical (unpaired) electrons. The van der Waals surface area contributed by atoms with E-state index in [1.54, 1.807) is 11.4 Å². The molecule has 0 aromatic heterocycles. The predicted octanol–water partition coefficient (Wildman–Crippen LogP) is 0.353. The topological polar surface area (TPSA) is 70.7 Å². The number of nitrogens with zero attached hydrogens (tertiary/aromatic N) is 1. The lowest BCUT2D eigenvalue weighted by Crippen LogP contribution is -2.49. The van der Waals surface area contributed by atoms with Gasteiger partial charge in [-0.1, -0.05) is 6.42 Å². The highest BCUT2D eigenvalue weighted by Gasteiger charge is 2.28. The monoisotopic (exact) mass is 315 g/mol. The van der Waals surface area contributed by atoms with Crippen molar-refractivity contribution in [1.29, 1.82) is 0 Å². The van der Waals surface area contributed by atoms with E-state index in [0.29, 0.717) is 26.2 Å². The lowest BCUT2D eigenvalue weighted by molar-refractivity contribution is 0.199. The number of hydrogen-bond donors (Lipinski definition) is 2. The molecule has 1 aliphatic heterocycles. The van der Waals surface area contributed by atoms with E-state index >= 15 is 0 Å². The summed E-state index contributed by atoms with van der Waals surface area (Å²) in [5, 5.41) is 3.10. The summed E-state index contributed by atoms with van der Waals surface area (Å²) in [6.07, 6.45) is 3.02. The molecule has 0 aliphatic carbocycles. The van der Waals surface area contributed by atoms with E-state index in [1.807, 2.05) is 6.92 Å². The van der Waals surface area contributed by atoms with Gasteiger partial charge in [0.05, 0.1) is 6.61 Å². The third-order valence-corrected chi connectivity index (χ3v) is 4.85. The molecule has 1 rings (SSSR count). The first-order chi connectivity index (χ1) is 8.58. The first-order valence-corrected chi connectivity index (χ1v) is 7.98. The second kappa shape index (κ2) is 9.90. The number of halogens is 1. The van der Waals surface area contributed by atoms with E-state index in [2.05, 4.69) is 10.0 Å². The van der Waals surface area contributed by atoms with Crippen molar-refractivity contribution in [2.45, 2.75) is 32.2 Å². The Morgan fingerprint density at radius 2 is 2.00 bits per heavy atom. The number of methoxy groups -OCH3 is 1. The number of hydrogen-bond acceptors (Lipinski definition) is 4. The zero-order chi connectivity index (χ0) is 13.4. The molecule has 1 aliphatic rings. The van der Waals surface area contributed by atoms with Gasteiger partial charge in [-0.3, -0.25) is 0 Å². The van der Waals surface area contributed by atoms with Crippen LogP contribution in [0.1, 0.15) is 26.2 Å². The van der Waals surface area contributed by atoms with Gasteiger partial charge in [0.2, 0.25) is 0 Å². The molecule has 6 nitrogen and oxygen atoms in total. The highest BCUT2D eigenvalue weighted by atomic mass is 35.5. The minimum atomic E-state index is -3.31. The number of nitrogens with one attached hydrogen (secondary N) is 2. The Morgan fingerprint density at radius 3 is 2.63 bits per heavy atom. The van der Waals surface area contributed by atoms with Gasteiger partial charge in [0.15, 0.2) is 0 Å². The molecule has 2 N–H and O–H groups in total. The molecule has 19 heavy (non-hydrogen) atoms. The molecular formula is C11H26ClN3O3S. The van der Waals surface area contributed by atoms with Crippen molar-refractivity contribution in [1.82, 2.24) is 14.3 Å². The highest BCUT2D eigenvalue weighted by Crippen LogP contribution is 2.18. The SMILES string of the molecule is COCCNCCNS(=O)(=O)N1CCCCC1C.Cl. The van der Waals surface area contributed by atoms with Gasteiger partial charge in [0, 0.05) is 39.3 Å². The molecule has 8 heteroatoms. The average molecular weight is 316 g/mol. The maximum absolute atomic E-state index is 12.0. The number of rotatable bonds is 8. The minimum Gasteiger partial charge on any atom is -0.383 e. The van der Waals surface area contributed by atoms with Crippen LogP contribution in [0.4, 0.5) is 0 Å². The number of piperidine rings is 1. The molecule has 1 atom stereocenters. The standard InChI is InChI=1S/C11H25N3O3S.ClH/c1-11-5-3-4-9-14(11)18(15,16)13-7-6-12-8-10-17-2;/h11-13H,3-10H2,1-2H3;1H. The zero-order valence-corrected chi connectivity index (χ0v) is 13.4. The van der Waals surface area contributed by atoms with Crippen molar-refractivity contribution in [3.63, 3.8) is 0 Å². The summed E-state index contributed by atoms with van der Waals surface area (Å²) in [6, 6.07) is 0.109. The smallest absolute Gasteiger partial charge is 0.279 e. The van der Waals surface area contributed by atoms with Crippen LogP contribution in [-0.2, 0) is 14.9 Å². The van der Waals surface area contributed by atoms with Gasteiger partial charge in [-0.15, -0.1) is 12.4 Å². The molecule has 116 valence electrons. The van der Waals surface area contributed by atoms with E-state index < -0.39 is 10.2 Å². The predicted molar refractivity (Wildman–Crippen MR) is 78.9 cm³/mol. The molecule has 0 bridgehead atoms. The quantitative estimate of drug-likeness (QED) is 0.634. The van der Waals surface area contributed by atoms with E-state index in [1.165, 1.54) is 0 Å². The Balaban J connectivity index is 0.00000324. The highest BCUT2D eigenvalue weighted by molar-refractivity contribution is 7.87. The van der Waals surface area contributed by atoms with Crippen LogP contribution in [0, 0.1) is 0 Å². The first-order valence-electron chi connectivity index (χ1n) is 6.54. The molecule has 0 spiro atoms. The summed E-state index contributed by atoms with van der Waals surface area (Å²) < 4.78 is 33.2. The molecule has 0 amide bonds. The Bertz CT molecular complexity index is 327. The van der Waals surface area contributed by atoms with Crippen LogP contribution in [0.3, 0.4) is 0 Å². The lowest BCUT2D eigenvalue weighted by atomic mass is 10.1. The van der Waals surface area contributed by atoms with Gasteiger partial charge >= 0.3 is 0 Å². The molecule has 0 aromatic carbocycles. The molecule has 0 saturated carbocycles. The van der Waals surface area contributed by atoms with Gasteiger partial charge in [-0.25, -0.2) is 4.72 Å². The van der Waals surface area contributed by atoms with Gasteiger partial charge < -0.3 is 10.1 Å². The summed E-state index contributed by atoms with van der Waals surface area (Å²) in [7, 11) is -1.67. The molecule has 1 saturated heterocycles. The molecule has 1 heterocycles. The summed E-state index contributed by atoms with van der Waals surface area (Å²) in [4.78, 5) is 0. The van der Waals surface area contributed by atoms with Gasteiger partial charge in [0.1, 0.15) is 0 Å². The summed E-state index contributed by atoms with van der Waals surface area (Å²) in [5.74, 6) is 0. The molecule has 1 fully saturated rings. The van der Waals surface area contributed by atoms with Gasteiger partial charge in [-0.05, 0) is 19.8 Å². The largest absolute Gasteiger partial charge is 0.383 e. The van der Waals surface area contributed by atoms with Crippen molar-refractivity contribution in [2.24, 2.45) is 0 Å². The van der Waals surface area contributed by atoms with Crippen LogP contribution < -0.4 is 10.0 Å². The fourth-order valence-corrected chi connectivity index (χ4v) is 3.55. The van der Waals surface area contributed by atoms with E-state index in [9.17, 15) is 8.42 Å². The van der Waals surface area contributed by atoms with Gasteiger partial charge in [0.25, 0.3) is 10.2 Å². The molecular weight excluding hydrogens is 290 g/mol. The third-order valence-electron chi connectivity index (χ3n) is 3.12. The first kappa shape index (κ1) is 19.1. The number of ether oxygens (including phenoxy) is 1. The Hall–Kier alpha value is 0.0800. The fraction of sp³-hybridized carbons (Fsp3) is 1.00. The van der Waals surface area contributed by atoms with Crippen LogP contribution in [0.5, 0.6) is 0 Å². The lowest BCUT2D eigenvalue weighted by Gasteiger charge is -2.32.